The summed E-state index contributed by atoms with van der Waals surface area (Å²) in [7, 11) is 0. The standard InChI is InChI=1S/C24H18N2O3S/c27-23(22-16-7-1-4-10-19(16)29-20-11-5-2-8-17(20)22)28-15-13-26(14-15)24-25-18-9-3-6-12-21(18)30-24/h1-12,15,22H,13-14H2. The molecule has 6 rings (SSSR count). The van der Waals surface area contributed by atoms with Crippen LogP contribution in [0.15, 0.2) is 72.8 Å². The third-order valence-electron chi connectivity index (χ3n) is 5.60. The van der Waals surface area contributed by atoms with Gasteiger partial charge in [0.25, 0.3) is 0 Å². The maximum atomic E-state index is 13.2. The van der Waals surface area contributed by atoms with Gasteiger partial charge in [-0.05, 0) is 24.3 Å². The molecule has 1 saturated heterocycles. The number of hydrogen-bond donors (Lipinski definition) is 0. The highest BCUT2D eigenvalue weighted by molar-refractivity contribution is 7.22. The summed E-state index contributed by atoms with van der Waals surface area (Å²) >= 11 is 1.67. The molecule has 0 unspecified atom stereocenters. The lowest BCUT2D eigenvalue weighted by atomic mass is 9.88. The zero-order valence-electron chi connectivity index (χ0n) is 16.0. The highest BCUT2D eigenvalue weighted by atomic mass is 32.1. The summed E-state index contributed by atoms with van der Waals surface area (Å²) in [4.78, 5) is 20.0. The molecule has 0 N–H and O–H groups in total. The van der Waals surface area contributed by atoms with Crippen LogP contribution in [-0.4, -0.2) is 30.1 Å². The topological polar surface area (TPSA) is 51.7 Å². The Hall–Kier alpha value is -3.38. The largest absolute Gasteiger partial charge is 0.458 e. The molecule has 3 aromatic carbocycles. The monoisotopic (exact) mass is 414 g/mol. The van der Waals surface area contributed by atoms with Crippen LogP contribution < -0.4 is 9.64 Å². The number of hydrogen-bond acceptors (Lipinski definition) is 6. The van der Waals surface area contributed by atoms with Crippen molar-refractivity contribution in [1.82, 2.24) is 4.98 Å². The molecule has 0 amide bonds. The second kappa shape index (κ2) is 6.85. The second-order valence-electron chi connectivity index (χ2n) is 7.54. The summed E-state index contributed by atoms with van der Waals surface area (Å²) in [5.74, 6) is 0.723. The maximum Gasteiger partial charge on any atom is 0.318 e. The molecule has 148 valence electrons. The summed E-state index contributed by atoms with van der Waals surface area (Å²) in [5.41, 5.74) is 2.71. The van der Waals surface area contributed by atoms with Gasteiger partial charge in [-0.3, -0.25) is 4.79 Å². The van der Waals surface area contributed by atoms with Crippen molar-refractivity contribution in [3.05, 3.63) is 83.9 Å². The van der Waals surface area contributed by atoms with Crippen LogP contribution in [0.1, 0.15) is 17.0 Å². The van der Waals surface area contributed by atoms with Gasteiger partial charge >= 0.3 is 5.97 Å². The Labute approximate surface area is 177 Å². The molecular formula is C24H18N2O3S. The van der Waals surface area contributed by atoms with E-state index in [4.69, 9.17) is 9.47 Å². The lowest BCUT2D eigenvalue weighted by Gasteiger charge is -2.39. The van der Waals surface area contributed by atoms with Crippen LogP contribution in [0.3, 0.4) is 0 Å². The van der Waals surface area contributed by atoms with E-state index in [9.17, 15) is 4.79 Å². The molecule has 0 spiro atoms. The fourth-order valence-corrected chi connectivity index (χ4v) is 5.04. The van der Waals surface area contributed by atoms with Crippen molar-refractivity contribution in [2.24, 2.45) is 0 Å². The third-order valence-corrected chi connectivity index (χ3v) is 6.70. The van der Waals surface area contributed by atoms with Gasteiger partial charge in [0.2, 0.25) is 0 Å². The number of esters is 1. The molecule has 1 aromatic heterocycles. The average Bonchev–Trinajstić information content (AvgIpc) is 3.17. The van der Waals surface area contributed by atoms with Gasteiger partial charge in [0, 0.05) is 11.1 Å². The summed E-state index contributed by atoms with van der Waals surface area (Å²) in [6.07, 6.45) is -0.133. The molecule has 4 aromatic rings. The molecule has 2 aliphatic rings. The highest BCUT2D eigenvalue weighted by Crippen LogP contribution is 2.44. The number of ether oxygens (including phenoxy) is 2. The minimum atomic E-state index is -0.470. The first-order chi connectivity index (χ1) is 14.8. The Morgan fingerprint density at radius 3 is 2.27 bits per heavy atom. The lowest BCUT2D eigenvalue weighted by molar-refractivity contribution is -0.151. The first kappa shape index (κ1) is 17.5. The number of carbonyl (C=O) groups is 1. The number of thiazole rings is 1. The van der Waals surface area contributed by atoms with Gasteiger partial charge in [-0.25, -0.2) is 4.98 Å². The molecule has 6 heteroatoms. The number of para-hydroxylation sites is 3. The molecule has 0 aliphatic carbocycles. The Bertz CT molecular complexity index is 1180. The number of fused-ring (bicyclic) bond motifs is 3. The van der Waals surface area contributed by atoms with E-state index in [0.717, 1.165) is 21.8 Å². The number of anilines is 1. The minimum Gasteiger partial charge on any atom is -0.458 e. The van der Waals surface area contributed by atoms with Crippen molar-refractivity contribution < 1.29 is 14.3 Å². The van der Waals surface area contributed by atoms with Gasteiger partial charge in [-0.15, -0.1) is 0 Å². The average molecular weight is 414 g/mol. The van der Waals surface area contributed by atoms with Crippen LogP contribution in [0.2, 0.25) is 0 Å². The molecule has 30 heavy (non-hydrogen) atoms. The van der Waals surface area contributed by atoms with Gasteiger partial charge in [-0.1, -0.05) is 59.9 Å². The Kier molecular flexibility index (Phi) is 3.99. The molecule has 1 fully saturated rings. The van der Waals surface area contributed by atoms with E-state index >= 15 is 0 Å². The van der Waals surface area contributed by atoms with Gasteiger partial charge in [-0.2, -0.15) is 0 Å². The van der Waals surface area contributed by atoms with Gasteiger partial charge in [0.1, 0.15) is 23.5 Å². The van der Waals surface area contributed by atoms with Crippen molar-refractivity contribution in [2.75, 3.05) is 18.0 Å². The molecule has 0 radical (unpaired) electrons. The summed E-state index contributed by atoms with van der Waals surface area (Å²) < 4.78 is 13.1. The van der Waals surface area contributed by atoms with E-state index in [1.54, 1.807) is 11.3 Å². The van der Waals surface area contributed by atoms with Crippen molar-refractivity contribution >= 4 is 32.7 Å². The Morgan fingerprint density at radius 2 is 1.57 bits per heavy atom. The molecule has 2 aliphatic heterocycles. The second-order valence-corrected chi connectivity index (χ2v) is 8.55. The zero-order valence-corrected chi connectivity index (χ0v) is 16.8. The molecule has 0 saturated carbocycles. The molecule has 5 nitrogen and oxygen atoms in total. The molecule has 0 atom stereocenters. The normalized spacial score (nSPS) is 15.8. The number of rotatable bonds is 3. The van der Waals surface area contributed by atoms with E-state index < -0.39 is 5.92 Å². The van der Waals surface area contributed by atoms with E-state index in [-0.39, 0.29) is 12.1 Å². The number of carbonyl (C=O) groups excluding carboxylic acids is 1. The minimum absolute atomic E-state index is 0.133. The SMILES string of the molecule is O=C(OC1CN(c2nc3ccccc3s2)C1)C1c2ccccc2Oc2ccccc21. The van der Waals surface area contributed by atoms with E-state index in [1.165, 1.54) is 4.70 Å². The summed E-state index contributed by atoms with van der Waals surface area (Å²) in [5, 5.41) is 0.977. The van der Waals surface area contributed by atoms with Gasteiger partial charge < -0.3 is 14.4 Å². The van der Waals surface area contributed by atoms with Crippen molar-refractivity contribution in [2.45, 2.75) is 12.0 Å². The first-order valence-electron chi connectivity index (χ1n) is 9.93. The fraction of sp³-hybridized carbons (Fsp3) is 0.167. The first-order valence-corrected chi connectivity index (χ1v) is 10.7. The molecular weight excluding hydrogens is 396 g/mol. The smallest absolute Gasteiger partial charge is 0.318 e. The van der Waals surface area contributed by atoms with Crippen LogP contribution in [0.25, 0.3) is 10.2 Å². The van der Waals surface area contributed by atoms with Crippen molar-refractivity contribution in [1.29, 1.82) is 0 Å². The molecule has 0 bridgehead atoms. The zero-order chi connectivity index (χ0) is 20.1. The number of benzene rings is 3. The van der Waals surface area contributed by atoms with E-state index in [2.05, 4.69) is 16.0 Å². The Balaban J connectivity index is 1.20. The predicted molar refractivity (Wildman–Crippen MR) is 117 cm³/mol. The maximum absolute atomic E-state index is 13.2. The molecule has 3 heterocycles. The summed E-state index contributed by atoms with van der Waals surface area (Å²) in [6.45, 7) is 1.33. The summed E-state index contributed by atoms with van der Waals surface area (Å²) in [6, 6.07) is 23.5. The van der Waals surface area contributed by atoms with Crippen LogP contribution in [0.4, 0.5) is 5.13 Å². The lowest BCUT2D eigenvalue weighted by Crippen LogP contribution is -2.53. The number of aromatic nitrogens is 1. The predicted octanol–water partition coefficient (Wildman–Crippen LogP) is 4.97. The van der Waals surface area contributed by atoms with Crippen LogP contribution in [0, 0.1) is 0 Å². The van der Waals surface area contributed by atoms with Crippen LogP contribution >= 0.6 is 11.3 Å². The van der Waals surface area contributed by atoms with Crippen LogP contribution in [-0.2, 0) is 9.53 Å². The number of nitrogens with zero attached hydrogens (tertiary/aromatic N) is 2. The highest BCUT2D eigenvalue weighted by Gasteiger charge is 2.38. The van der Waals surface area contributed by atoms with E-state index in [0.29, 0.717) is 24.6 Å². The van der Waals surface area contributed by atoms with Crippen molar-refractivity contribution in [3.63, 3.8) is 0 Å². The Morgan fingerprint density at radius 1 is 0.933 bits per heavy atom. The van der Waals surface area contributed by atoms with Crippen molar-refractivity contribution in [3.8, 4) is 11.5 Å². The van der Waals surface area contributed by atoms with Gasteiger partial charge in [0.05, 0.1) is 23.3 Å². The van der Waals surface area contributed by atoms with E-state index in [1.807, 2.05) is 66.7 Å². The quantitative estimate of drug-likeness (QED) is 0.443. The fourth-order valence-electron chi connectivity index (χ4n) is 4.06. The van der Waals surface area contributed by atoms with Gasteiger partial charge in [0.15, 0.2) is 5.13 Å². The van der Waals surface area contributed by atoms with Crippen LogP contribution in [0.5, 0.6) is 11.5 Å². The third kappa shape index (κ3) is 2.83.